The first-order valence-corrected chi connectivity index (χ1v) is 11.4. The number of hydrogen-bond donors (Lipinski definition) is 1. The Labute approximate surface area is 196 Å². The van der Waals surface area contributed by atoms with Crippen molar-refractivity contribution in [2.24, 2.45) is 4.99 Å². The maximum absolute atomic E-state index is 5.95. The summed E-state index contributed by atoms with van der Waals surface area (Å²) in [5.41, 5.74) is 1.18. The number of thiazole rings is 1. The van der Waals surface area contributed by atoms with Crippen LogP contribution in [0.1, 0.15) is 37.8 Å². The molecule has 0 bridgehead atoms. The van der Waals surface area contributed by atoms with E-state index in [4.69, 9.17) is 14.5 Å². The fourth-order valence-electron chi connectivity index (χ4n) is 3.79. The molecule has 166 valence electrons. The Kier molecular flexibility index (Phi) is 11.6. The number of hydrogen-bond acceptors (Lipinski definition) is 6. The number of rotatable bonds is 9. The summed E-state index contributed by atoms with van der Waals surface area (Å²) in [6, 6.07) is 0. The van der Waals surface area contributed by atoms with E-state index in [9.17, 15) is 0 Å². The van der Waals surface area contributed by atoms with E-state index in [2.05, 4.69) is 25.5 Å². The highest BCUT2D eigenvalue weighted by atomic mass is 127. The molecule has 0 saturated carbocycles. The minimum Gasteiger partial charge on any atom is -0.385 e. The Morgan fingerprint density at radius 2 is 2.00 bits per heavy atom. The van der Waals surface area contributed by atoms with Gasteiger partial charge in [-0.1, -0.05) is 0 Å². The van der Waals surface area contributed by atoms with E-state index < -0.39 is 0 Å². The topological polar surface area (TPSA) is 62.2 Å². The number of anilines is 1. The molecule has 2 aliphatic heterocycles. The molecule has 0 aliphatic carbocycles. The monoisotopic (exact) mass is 537 g/mol. The number of methoxy groups -OCH3 is 1. The molecular weight excluding hydrogens is 501 g/mol. The summed E-state index contributed by atoms with van der Waals surface area (Å²) in [6.07, 6.45) is 6.96. The van der Waals surface area contributed by atoms with Gasteiger partial charge in [-0.25, -0.2) is 4.98 Å². The second-order valence-electron chi connectivity index (χ2n) is 7.44. The van der Waals surface area contributed by atoms with E-state index in [0.717, 1.165) is 77.6 Å². The van der Waals surface area contributed by atoms with E-state index in [1.807, 2.05) is 7.05 Å². The normalized spacial score (nSPS) is 18.2. The number of piperidine rings is 1. The average molecular weight is 538 g/mol. The quantitative estimate of drug-likeness (QED) is 0.226. The molecule has 3 heterocycles. The molecule has 0 atom stereocenters. The third-order valence-corrected chi connectivity index (χ3v) is 6.33. The molecule has 29 heavy (non-hydrogen) atoms. The highest BCUT2D eigenvalue weighted by molar-refractivity contribution is 14.0. The fourth-order valence-corrected chi connectivity index (χ4v) is 4.70. The largest absolute Gasteiger partial charge is 0.385 e. The molecule has 0 radical (unpaired) electrons. The van der Waals surface area contributed by atoms with Gasteiger partial charge in [0, 0.05) is 71.9 Å². The second kappa shape index (κ2) is 13.6. The van der Waals surface area contributed by atoms with Crippen LogP contribution in [0.4, 0.5) is 5.13 Å². The van der Waals surface area contributed by atoms with Gasteiger partial charge in [-0.3, -0.25) is 4.99 Å². The van der Waals surface area contributed by atoms with Gasteiger partial charge in [0.15, 0.2) is 11.1 Å². The Hall–Kier alpha value is -0.650. The van der Waals surface area contributed by atoms with Gasteiger partial charge in [0.1, 0.15) is 0 Å². The molecule has 1 aromatic heterocycles. The number of likely N-dealkylation sites (tertiary alicyclic amines) is 1. The first kappa shape index (κ1) is 24.6. The molecule has 7 nitrogen and oxygen atoms in total. The van der Waals surface area contributed by atoms with Gasteiger partial charge in [0.05, 0.1) is 11.8 Å². The molecule has 1 aromatic rings. The molecule has 0 spiro atoms. The van der Waals surface area contributed by atoms with Crippen LogP contribution in [-0.4, -0.2) is 82.0 Å². The van der Waals surface area contributed by atoms with Gasteiger partial charge in [-0.15, -0.1) is 35.3 Å². The smallest absolute Gasteiger partial charge is 0.193 e. The molecule has 2 fully saturated rings. The second-order valence-corrected chi connectivity index (χ2v) is 8.28. The summed E-state index contributed by atoms with van der Waals surface area (Å²) in [5, 5.41) is 6.89. The predicted octanol–water partition coefficient (Wildman–Crippen LogP) is 3.00. The van der Waals surface area contributed by atoms with Crippen LogP contribution in [0.25, 0.3) is 0 Å². The summed E-state index contributed by atoms with van der Waals surface area (Å²) in [5.74, 6) is 0.993. The van der Waals surface area contributed by atoms with Crippen LogP contribution in [0.3, 0.4) is 0 Å². The van der Waals surface area contributed by atoms with E-state index in [1.54, 1.807) is 18.4 Å². The molecule has 0 unspecified atom stereocenters. The van der Waals surface area contributed by atoms with Crippen molar-refractivity contribution < 1.29 is 9.47 Å². The lowest BCUT2D eigenvalue weighted by Crippen LogP contribution is -2.47. The third-order valence-electron chi connectivity index (χ3n) is 5.38. The van der Waals surface area contributed by atoms with Crippen molar-refractivity contribution in [1.82, 2.24) is 15.2 Å². The molecular formula is C20H36IN5O2S. The van der Waals surface area contributed by atoms with Gasteiger partial charge >= 0.3 is 0 Å². The molecule has 3 rings (SSSR count). The molecule has 2 aliphatic rings. The standard InChI is InChI=1S/C20H35N5O2S.HI/c1-21-19(24-12-7-18(8-13-24)27-15-5-14-26-2)22-9-6-17-16-28-20(23-17)25-10-3-4-11-25;/h16,18H,3-15H2,1-2H3,(H,21,22);1H. The van der Waals surface area contributed by atoms with Gasteiger partial charge in [-0.05, 0) is 32.1 Å². The van der Waals surface area contributed by atoms with E-state index in [1.165, 1.54) is 23.7 Å². The minimum absolute atomic E-state index is 0. The van der Waals surface area contributed by atoms with Crippen LogP contribution in [0.15, 0.2) is 10.4 Å². The third kappa shape index (κ3) is 7.84. The summed E-state index contributed by atoms with van der Waals surface area (Å²) >= 11 is 1.77. The summed E-state index contributed by atoms with van der Waals surface area (Å²) < 4.78 is 11.0. The van der Waals surface area contributed by atoms with Crippen LogP contribution in [0, 0.1) is 0 Å². The van der Waals surface area contributed by atoms with Crippen molar-refractivity contribution >= 4 is 46.4 Å². The molecule has 2 saturated heterocycles. The highest BCUT2D eigenvalue weighted by Crippen LogP contribution is 2.24. The van der Waals surface area contributed by atoms with Crippen LogP contribution in [0.5, 0.6) is 0 Å². The number of halogens is 1. The van der Waals surface area contributed by atoms with Crippen molar-refractivity contribution in [2.45, 2.75) is 44.6 Å². The summed E-state index contributed by atoms with van der Waals surface area (Å²) in [7, 11) is 3.60. The Bertz CT molecular complexity index is 601. The first-order chi connectivity index (χ1) is 13.8. The Balaban J connectivity index is 0.00000300. The lowest BCUT2D eigenvalue weighted by Gasteiger charge is -2.34. The summed E-state index contributed by atoms with van der Waals surface area (Å²) in [4.78, 5) is 14.0. The maximum atomic E-state index is 5.95. The van der Waals surface area contributed by atoms with Crippen molar-refractivity contribution in [1.29, 1.82) is 0 Å². The zero-order chi connectivity index (χ0) is 19.6. The minimum atomic E-state index is 0. The van der Waals surface area contributed by atoms with E-state index in [0.29, 0.717) is 6.10 Å². The first-order valence-electron chi connectivity index (χ1n) is 10.6. The van der Waals surface area contributed by atoms with Crippen LogP contribution in [0.2, 0.25) is 0 Å². The lowest BCUT2D eigenvalue weighted by atomic mass is 10.1. The Morgan fingerprint density at radius 3 is 2.69 bits per heavy atom. The van der Waals surface area contributed by atoms with Crippen LogP contribution in [-0.2, 0) is 15.9 Å². The van der Waals surface area contributed by atoms with Crippen molar-refractivity contribution in [2.75, 3.05) is 65.0 Å². The average Bonchev–Trinajstić information content (AvgIpc) is 3.41. The molecule has 0 aromatic carbocycles. The van der Waals surface area contributed by atoms with Crippen LogP contribution >= 0.6 is 35.3 Å². The fraction of sp³-hybridized carbons (Fsp3) is 0.800. The number of nitrogens with one attached hydrogen (secondary N) is 1. The highest BCUT2D eigenvalue weighted by Gasteiger charge is 2.22. The van der Waals surface area contributed by atoms with Gasteiger partial charge in [-0.2, -0.15) is 0 Å². The van der Waals surface area contributed by atoms with E-state index in [-0.39, 0.29) is 24.0 Å². The molecule has 1 N–H and O–H groups in total. The maximum Gasteiger partial charge on any atom is 0.193 e. The molecule has 9 heteroatoms. The zero-order valence-corrected chi connectivity index (χ0v) is 20.9. The predicted molar refractivity (Wildman–Crippen MR) is 131 cm³/mol. The Morgan fingerprint density at radius 1 is 1.24 bits per heavy atom. The van der Waals surface area contributed by atoms with Gasteiger partial charge in [0.25, 0.3) is 0 Å². The number of guanidine groups is 1. The number of aromatic nitrogens is 1. The SMILES string of the molecule is CN=C(NCCc1csc(N2CCCC2)n1)N1CCC(OCCCOC)CC1.I. The number of nitrogens with zero attached hydrogens (tertiary/aromatic N) is 4. The number of ether oxygens (including phenoxy) is 2. The van der Waals surface area contributed by atoms with Gasteiger partial charge < -0.3 is 24.6 Å². The lowest BCUT2D eigenvalue weighted by molar-refractivity contribution is 0.00992. The number of aliphatic imine (C=N–C) groups is 1. The van der Waals surface area contributed by atoms with E-state index >= 15 is 0 Å². The molecule has 0 amide bonds. The van der Waals surface area contributed by atoms with Crippen molar-refractivity contribution in [3.05, 3.63) is 11.1 Å². The zero-order valence-electron chi connectivity index (χ0n) is 17.8. The van der Waals surface area contributed by atoms with Crippen molar-refractivity contribution in [3.8, 4) is 0 Å². The van der Waals surface area contributed by atoms with Crippen LogP contribution < -0.4 is 10.2 Å². The summed E-state index contributed by atoms with van der Waals surface area (Å²) in [6.45, 7) is 6.72. The van der Waals surface area contributed by atoms with Crippen molar-refractivity contribution in [3.63, 3.8) is 0 Å². The van der Waals surface area contributed by atoms with Gasteiger partial charge in [0.2, 0.25) is 0 Å².